The Bertz CT molecular complexity index is 3930. The van der Waals surface area contributed by atoms with Crippen molar-refractivity contribution in [1.82, 2.24) is 0 Å². The van der Waals surface area contributed by atoms with E-state index < -0.39 is 0 Å². The molecule has 0 bridgehead atoms. The minimum atomic E-state index is -0.185. The van der Waals surface area contributed by atoms with Crippen LogP contribution in [0, 0.1) is 6.92 Å². The molecule has 8 aromatic rings. The Kier molecular flexibility index (Phi) is 11.9. The Hall–Kier alpha value is -6.78. The molecule has 2 aliphatic heterocycles. The molecule has 0 saturated carbocycles. The summed E-state index contributed by atoms with van der Waals surface area (Å²) in [5, 5.41) is 0. The van der Waals surface area contributed by atoms with E-state index in [2.05, 4.69) is 299 Å². The molecule has 3 nitrogen and oxygen atoms in total. The molecule has 0 fully saturated rings. The molecule has 424 valence electrons. The first-order valence-corrected chi connectivity index (χ1v) is 31.2. The predicted octanol–water partition coefficient (Wildman–Crippen LogP) is 20.1. The molecule has 5 aliphatic rings. The maximum absolute atomic E-state index is 2.76. The minimum Gasteiger partial charge on any atom is -0.311 e. The van der Waals surface area contributed by atoms with Crippen molar-refractivity contribution < 1.29 is 0 Å². The highest BCUT2D eigenvalue weighted by atomic mass is 15.2. The van der Waals surface area contributed by atoms with Gasteiger partial charge >= 0.3 is 0 Å². The van der Waals surface area contributed by atoms with Crippen LogP contribution in [0.1, 0.15) is 206 Å². The number of nitrogens with zero attached hydrogens (tertiary/aromatic N) is 3. The van der Waals surface area contributed by atoms with Crippen molar-refractivity contribution >= 4 is 74.3 Å². The van der Waals surface area contributed by atoms with Gasteiger partial charge < -0.3 is 14.7 Å². The zero-order valence-electron chi connectivity index (χ0n) is 53.9. The van der Waals surface area contributed by atoms with E-state index >= 15 is 0 Å². The Labute approximate surface area is 499 Å². The molecule has 83 heavy (non-hydrogen) atoms. The molecular weight excluding hydrogens is 1000 g/mol. The normalized spacial score (nSPS) is 18.1. The van der Waals surface area contributed by atoms with E-state index in [1.165, 1.54) is 117 Å². The second kappa shape index (κ2) is 17.9. The van der Waals surface area contributed by atoms with Crippen LogP contribution in [0.25, 0.3) is 11.1 Å². The van der Waals surface area contributed by atoms with Crippen LogP contribution < -0.4 is 31.1 Å². The predicted molar refractivity (Wildman–Crippen MR) is 360 cm³/mol. The van der Waals surface area contributed by atoms with Crippen molar-refractivity contribution in [2.24, 2.45) is 0 Å². The van der Waals surface area contributed by atoms with Gasteiger partial charge in [0.2, 0.25) is 0 Å². The summed E-state index contributed by atoms with van der Waals surface area (Å²) in [6, 6.07) is 58.6. The van der Waals surface area contributed by atoms with Crippen LogP contribution in [0.15, 0.2) is 146 Å². The zero-order chi connectivity index (χ0) is 59.3. The van der Waals surface area contributed by atoms with Crippen molar-refractivity contribution in [2.45, 2.75) is 201 Å². The Balaban J connectivity index is 1.14. The van der Waals surface area contributed by atoms with E-state index in [0.29, 0.717) is 0 Å². The number of rotatable bonds is 5. The van der Waals surface area contributed by atoms with Gasteiger partial charge in [-0.2, -0.15) is 0 Å². The lowest BCUT2D eigenvalue weighted by Gasteiger charge is -2.48. The molecule has 0 N–H and O–H groups in total. The molecular formula is C79H90BN3. The summed E-state index contributed by atoms with van der Waals surface area (Å²) in [6.45, 7) is 48.2. The lowest BCUT2D eigenvalue weighted by atomic mass is 9.33. The fourth-order valence-electron chi connectivity index (χ4n) is 16.0. The lowest BCUT2D eigenvalue weighted by Crippen LogP contribution is -2.62. The summed E-state index contributed by atoms with van der Waals surface area (Å²) >= 11 is 0. The van der Waals surface area contributed by atoms with Gasteiger partial charge in [-0.3, -0.25) is 0 Å². The monoisotopic (exact) mass is 1090 g/mol. The van der Waals surface area contributed by atoms with Crippen LogP contribution in [0.5, 0.6) is 0 Å². The summed E-state index contributed by atoms with van der Waals surface area (Å²) < 4.78 is 0. The average Bonchev–Trinajstić information content (AvgIpc) is 1.29. The van der Waals surface area contributed by atoms with E-state index in [4.69, 9.17) is 0 Å². The summed E-state index contributed by atoms with van der Waals surface area (Å²) in [4.78, 5) is 7.96. The van der Waals surface area contributed by atoms with Gasteiger partial charge in [-0.1, -0.05) is 204 Å². The van der Waals surface area contributed by atoms with E-state index in [1.54, 1.807) is 0 Å². The van der Waals surface area contributed by atoms with E-state index in [-0.39, 0.29) is 50.0 Å². The molecule has 0 radical (unpaired) electrons. The first kappa shape index (κ1) is 55.4. The fourth-order valence-corrected chi connectivity index (χ4v) is 16.0. The summed E-state index contributed by atoms with van der Waals surface area (Å²) in [5.41, 5.74) is 31.7. The van der Waals surface area contributed by atoms with E-state index in [1.807, 2.05) is 0 Å². The largest absolute Gasteiger partial charge is 0.311 e. The highest BCUT2D eigenvalue weighted by Gasteiger charge is 2.49. The quantitative estimate of drug-likeness (QED) is 0.159. The van der Waals surface area contributed by atoms with Crippen molar-refractivity contribution in [2.75, 3.05) is 14.7 Å². The summed E-state index contributed by atoms with van der Waals surface area (Å²) in [6.07, 6.45) is 3.44. The highest BCUT2D eigenvalue weighted by molar-refractivity contribution is 7.00. The SMILES string of the molecule is Cc1cc2c(cc1N1c3cc4c(cc3B3c5ccc(N(c6ccc(C(C)(C)C)cc6)c6ccc(C(C)(C)C)cc6)cc5N(c5ccc6c(c5)C(C)(C)c5ccccc5-6)c5cc(C(C)(C)C)cc1c53)C(C)(C)CCC4(C)C)C(C)(C)CC2(C)C. The van der Waals surface area contributed by atoms with E-state index in [0.717, 1.165) is 36.3 Å². The Morgan fingerprint density at radius 3 is 1.45 bits per heavy atom. The molecule has 8 aromatic carbocycles. The highest BCUT2D eigenvalue weighted by Crippen LogP contribution is 2.57. The number of aryl methyl sites for hydroxylation is 1. The number of anilines is 9. The number of hydrogen-bond acceptors (Lipinski definition) is 3. The topological polar surface area (TPSA) is 9.72 Å². The fraction of sp³-hybridized carbons (Fsp3) is 0.392. The molecule has 4 heteroatoms. The third-order valence-corrected chi connectivity index (χ3v) is 20.9. The van der Waals surface area contributed by atoms with Crippen molar-refractivity contribution in [1.29, 1.82) is 0 Å². The third kappa shape index (κ3) is 8.55. The van der Waals surface area contributed by atoms with Crippen LogP contribution in [0.2, 0.25) is 0 Å². The van der Waals surface area contributed by atoms with Crippen LogP contribution in [0.3, 0.4) is 0 Å². The average molecular weight is 1090 g/mol. The number of fused-ring (bicyclic) bond motifs is 9. The van der Waals surface area contributed by atoms with Crippen LogP contribution in [-0.2, 0) is 43.3 Å². The van der Waals surface area contributed by atoms with Gasteiger partial charge in [0.15, 0.2) is 0 Å². The molecule has 0 amide bonds. The first-order valence-electron chi connectivity index (χ1n) is 31.2. The number of hydrogen-bond donors (Lipinski definition) is 0. The Morgan fingerprint density at radius 1 is 0.386 bits per heavy atom. The summed E-state index contributed by atoms with van der Waals surface area (Å²) in [7, 11) is 0. The molecule has 0 unspecified atom stereocenters. The first-order chi connectivity index (χ1) is 38.7. The molecule has 13 rings (SSSR count). The van der Waals surface area contributed by atoms with Crippen LogP contribution >= 0.6 is 0 Å². The van der Waals surface area contributed by atoms with Gasteiger partial charge in [0.05, 0.1) is 0 Å². The van der Waals surface area contributed by atoms with Gasteiger partial charge in [-0.05, 0) is 220 Å². The molecule has 0 atom stereocenters. The maximum atomic E-state index is 2.76. The zero-order valence-corrected chi connectivity index (χ0v) is 53.9. The van der Waals surface area contributed by atoms with Crippen LogP contribution in [0.4, 0.5) is 51.2 Å². The van der Waals surface area contributed by atoms with Crippen molar-refractivity contribution in [3.05, 3.63) is 201 Å². The summed E-state index contributed by atoms with van der Waals surface area (Å²) in [5.74, 6) is 0. The lowest BCUT2D eigenvalue weighted by molar-refractivity contribution is 0.332. The van der Waals surface area contributed by atoms with Gasteiger partial charge in [0.1, 0.15) is 0 Å². The Morgan fingerprint density at radius 2 is 0.867 bits per heavy atom. The molecule has 0 saturated heterocycles. The molecule has 0 aromatic heterocycles. The number of benzene rings is 8. The molecule has 2 heterocycles. The standard InChI is InChI=1S/C79H90BN3/c1-48-39-60-63(78(17,18)47-77(60,15)16)45-66(48)83-68-46-62-61(75(11,12)37-38-76(62,13)14)44-65(68)80-64-36-34-55(81(52-29-25-49(26-30-52)72(2,3)4)53-31-27-50(28-32-53)73(5,6)7)43-67(64)82(69-40-51(74(8,9)10)41-70(83)71(69)80)54-33-35-57-56-23-21-22-24-58(56)79(19,20)59(57)42-54/h21-36,39-46H,37-38,47H2,1-20H3. The second-order valence-corrected chi connectivity index (χ2v) is 32.2. The third-order valence-electron chi connectivity index (χ3n) is 20.9. The van der Waals surface area contributed by atoms with Crippen LogP contribution in [-0.4, -0.2) is 6.71 Å². The van der Waals surface area contributed by atoms with Gasteiger partial charge in [-0.15, -0.1) is 0 Å². The van der Waals surface area contributed by atoms with Crippen molar-refractivity contribution in [3.63, 3.8) is 0 Å². The van der Waals surface area contributed by atoms with E-state index in [9.17, 15) is 0 Å². The second-order valence-electron chi connectivity index (χ2n) is 32.2. The molecule has 3 aliphatic carbocycles. The smallest absolute Gasteiger partial charge is 0.252 e. The minimum absolute atomic E-state index is 0.0107. The van der Waals surface area contributed by atoms with Gasteiger partial charge in [0, 0.05) is 56.6 Å². The van der Waals surface area contributed by atoms with Gasteiger partial charge in [0.25, 0.3) is 6.71 Å². The molecule has 0 spiro atoms. The van der Waals surface area contributed by atoms with Gasteiger partial charge in [-0.25, -0.2) is 0 Å². The van der Waals surface area contributed by atoms with Crippen molar-refractivity contribution in [3.8, 4) is 11.1 Å². The maximum Gasteiger partial charge on any atom is 0.252 e.